The molecule has 0 aliphatic carbocycles. The van der Waals surface area contributed by atoms with Gasteiger partial charge in [-0.3, -0.25) is 4.79 Å². The second-order valence-corrected chi connectivity index (χ2v) is 6.38. The summed E-state index contributed by atoms with van der Waals surface area (Å²) in [6.45, 7) is 5.96. The molecule has 0 unspecified atom stereocenters. The first-order valence-electron chi connectivity index (χ1n) is 4.31. The van der Waals surface area contributed by atoms with Crippen molar-refractivity contribution >= 4 is 37.6 Å². The average Bonchev–Trinajstić information content (AvgIpc) is 2.45. The van der Waals surface area contributed by atoms with Crippen LogP contribution in [0, 0.1) is 6.92 Å². The number of hydrogen-bond acceptors (Lipinski definition) is 2. The first-order valence-corrected chi connectivity index (χ1v) is 6.14. The largest absolute Gasteiger partial charge is 0.323 e. The Labute approximate surface area is 100 Å². The van der Waals surface area contributed by atoms with Crippen molar-refractivity contribution < 1.29 is 4.79 Å². The summed E-state index contributed by atoms with van der Waals surface area (Å²) in [5.41, 5.74) is 0.635. The first kappa shape index (κ1) is 11.9. The fourth-order valence-electron chi connectivity index (χ4n) is 1.40. The van der Waals surface area contributed by atoms with Gasteiger partial charge in [0.05, 0.1) is 6.20 Å². The van der Waals surface area contributed by atoms with Crippen molar-refractivity contribution in [2.24, 2.45) is 0 Å². The Morgan fingerprint density at radius 3 is 2.50 bits per heavy atom. The maximum Gasteiger partial charge on any atom is 0.205 e. The first-order chi connectivity index (χ1) is 6.45. The van der Waals surface area contributed by atoms with Crippen molar-refractivity contribution in [3.8, 4) is 0 Å². The van der Waals surface area contributed by atoms with Crippen molar-refractivity contribution in [3.63, 3.8) is 0 Å². The van der Waals surface area contributed by atoms with Crippen molar-refractivity contribution in [3.05, 3.63) is 17.7 Å². The Hall–Kier alpha value is -0.160. The molecule has 0 N–H and O–H groups in total. The molecule has 0 radical (unpaired) electrons. The van der Waals surface area contributed by atoms with Crippen LogP contribution in [0.3, 0.4) is 0 Å². The van der Waals surface area contributed by atoms with E-state index in [2.05, 4.69) is 36.8 Å². The van der Waals surface area contributed by atoms with Gasteiger partial charge in [0.25, 0.3) is 0 Å². The lowest BCUT2D eigenvalue weighted by Crippen LogP contribution is -2.16. The quantitative estimate of drug-likeness (QED) is 0.633. The highest BCUT2D eigenvalue weighted by Gasteiger charge is 2.20. The highest BCUT2D eigenvalue weighted by molar-refractivity contribution is 9.25. The number of imidazole rings is 1. The molecule has 0 saturated heterocycles. The second kappa shape index (κ2) is 4.57. The Morgan fingerprint density at radius 1 is 1.50 bits per heavy atom. The molecular weight excluding hydrogens is 312 g/mol. The summed E-state index contributed by atoms with van der Waals surface area (Å²) in [5.74, 6) is 0.864. The zero-order valence-electron chi connectivity index (χ0n) is 8.29. The van der Waals surface area contributed by atoms with Crippen LogP contribution in [-0.4, -0.2) is 19.1 Å². The maximum atomic E-state index is 11.7. The van der Waals surface area contributed by atoms with E-state index in [1.807, 2.05) is 25.3 Å². The molecule has 0 amide bonds. The van der Waals surface area contributed by atoms with Gasteiger partial charge in [0.1, 0.15) is 15.3 Å². The Bertz CT molecular complexity index is 345. The lowest BCUT2D eigenvalue weighted by atomic mass is 10.3. The summed E-state index contributed by atoms with van der Waals surface area (Å²) in [4.78, 5) is 15.9. The van der Waals surface area contributed by atoms with E-state index in [1.165, 1.54) is 0 Å². The topological polar surface area (TPSA) is 34.9 Å². The van der Waals surface area contributed by atoms with Gasteiger partial charge in [0, 0.05) is 6.04 Å². The maximum absolute atomic E-state index is 11.7. The summed E-state index contributed by atoms with van der Waals surface area (Å²) >= 11 is 6.39. The number of alkyl halides is 2. The number of rotatable bonds is 3. The molecule has 0 bridgehead atoms. The number of carbonyl (C=O) groups is 1. The molecule has 5 heteroatoms. The Kier molecular flexibility index (Phi) is 3.89. The molecule has 0 spiro atoms. The molecule has 0 aromatic carbocycles. The van der Waals surface area contributed by atoms with Gasteiger partial charge in [-0.2, -0.15) is 0 Å². The van der Waals surface area contributed by atoms with Crippen LogP contribution < -0.4 is 0 Å². The van der Waals surface area contributed by atoms with Gasteiger partial charge >= 0.3 is 0 Å². The summed E-state index contributed by atoms with van der Waals surface area (Å²) in [6.07, 6.45) is 1.62. The van der Waals surface area contributed by atoms with Crippen molar-refractivity contribution in [1.29, 1.82) is 0 Å². The van der Waals surface area contributed by atoms with Crippen LogP contribution in [0.4, 0.5) is 0 Å². The Morgan fingerprint density at radius 2 is 2.07 bits per heavy atom. The second-order valence-electron chi connectivity index (χ2n) is 3.32. The highest BCUT2D eigenvalue weighted by atomic mass is 79.9. The lowest BCUT2D eigenvalue weighted by Gasteiger charge is -2.13. The third-order valence-corrected chi connectivity index (χ3v) is 2.78. The molecule has 0 fully saturated rings. The molecule has 0 aliphatic heterocycles. The summed E-state index contributed by atoms with van der Waals surface area (Å²) in [5, 5.41) is 0. The minimum absolute atomic E-state index is 0.000648. The van der Waals surface area contributed by atoms with Crippen LogP contribution in [0.1, 0.15) is 36.2 Å². The fourth-order valence-corrected chi connectivity index (χ4v) is 1.87. The zero-order valence-corrected chi connectivity index (χ0v) is 11.5. The average molecular weight is 324 g/mol. The lowest BCUT2D eigenvalue weighted by molar-refractivity contribution is 0.100. The standard InChI is InChI=1S/C9H12Br2N2O/c1-5(2)13-6(3)12-4-7(13)8(14)9(10)11/h4-5,9H,1-3H3. The van der Waals surface area contributed by atoms with E-state index in [9.17, 15) is 4.79 Å². The van der Waals surface area contributed by atoms with Crippen LogP contribution in [0.25, 0.3) is 0 Å². The normalized spacial score (nSPS) is 11.4. The molecular formula is C9H12Br2N2O. The van der Waals surface area contributed by atoms with Crippen LogP contribution in [0.15, 0.2) is 6.20 Å². The van der Waals surface area contributed by atoms with E-state index in [0.29, 0.717) is 5.69 Å². The number of carbonyl (C=O) groups excluding carboxylic acids is 1. The SMILES string of the molecule is Cc1ncc(C(=O)C(Br)Br)n1C(C)C. The number of aryl methyl sites for hydroxylation is 1. The van der Waals surface area contributed by atoms with Crippen LogP contribution in [0.5, 0.6) is 0 Å². The third-order valence-electron chi connectivity index (χ3n) is 1.95. The minimum Gasteiger partial charge on any atom is -0.323 e. The molecule has 78 valence electrons. The highest BCUT2D eigenvalue weighted by Crippen LogP contribution is 2.19. The zero-order chi connectivity index (χ0) is 10.9. The molecule has 0 atom stereocenters. The molecule has 1 heterocycles. The van der Waals surface area contributed by atoms with Crippen molar-refractivity contribution in [1.82, 2.24) is 9.55 Å². The predicted molar refractivity (Wildman–Crippen MR) is 63.3 cm³/mol. The Balaban J connectivity index is 3.15. The van der Waals surface area contributed by atoms with Gasteiger partial charge in [-0.1, -0.05) is 31.9 Å². The van der Waals surface area contributed by atoms with Gasteiger partial charge in [-0.25, -0.2) is 4.98 Å². The number of aromatic nitrogens is 2. The third kappa shape index (κ3) is 2.25. The molecule has 1 aromatic rings. The molecule has 3 nitrogen and oxygen atoms in total. The molecule has 0 aliphatic rings. The van der Waals surface area contributed by atoms with E-state index in [-0.39, 0.29) is 15.6 Å². The van der Waals surface area contributed by atoms with E-state index >= 15 is 0 Å². The number of halogens is 2. The summed E-state index contributed by atoms with van der Waals surface area (Å²) < 4.78 is 1.58. The summed E-state index contributed by atoms with van der Waals surface area (Å²) in [7, 11) is 0. The molecule has 1 rings (SSSR count). The van der Waals surface area contributed by atoms with E-state index < -0.39 is 0 Å². The van der Waals surface area contributed by atoms with Gasteiger partial charge in [-0.15, -0.1) is 0 Å². The van der Waals surface area contributed by atoms with Gasteiger partial charge < -0.3 is 4.57 Å². The molecule has 0 saturated carbocycles. The van der Waals surface area contributed by atoms with E-state index in [1.54, 1.807) is 6.20 Å². The smallest absolute Gasteiger partial charge is 0.205 e. The monoisotopic (exact) mass is 322 g/mol. The van der Waals surface area contributed by atoms with Crippen LogP contribution >= 0.6 is 31.9 Å². The predicted octanol–water partition coefficient (Wildman–Crippen LogP) is 3.07. The minimum atomic E-state index is -0.344. The number of hydrogen-bond donors (Lipinski definition) is 0. The molecule has 14 heavy (non-hydrogen) atoms. The van der Waals surface area contributed by atoms with Gasteiger partial charge in [0.2, 0.25) is 5.78 Å². The van der Waals surface area contributed by atoms with Gasteiger partial charge in [0.15, 0.2) is 0 Å². The van der Waals surface area contributed by atoms with Gasteiger partial charge in [-0.05, 0) is 20.8 Å². The fraction of sp³-hybridized carbons (Fsp3) is 0.556. The van der Waals surface area contributed by atoms with Crippen LogP contribution in [-0.2, 0) is 0 Å². The van der Waals surface area contributed by atoms with E-state index in [4.69, 9.17) is 0 Å². The molecule has 1 aromatic heterocycles. The number of nitrogens with zero attached hydrogens (tertiary/aromatic N) is 2. The van der Waals surface area contributed by atoms with E-state index in [0.717, 1.165) is 5.82 Å². The summed E-state index contributed by atoms with van der Waals surface area (Å²) in [6, 6.07) is 0.246. The van der Waals surface area contributed by atoms with Crippen molar-refractivity contribution in [2.75, 3.05) is 0 Å². The van der Waals surface area contributed by atoms with Crippen molar-refractivity contribution in [2.45, 2.75) is 30.5 Å². The van der Waals surface area contributed by atoms with Crippen LogP contribution in [0.2, 0.25) is 0 Å². The number of ketones is 1. The number of Topliss-reactive ketones (excluding diaryl/α,β-unsaturated/α-hetero) is 1.